The zero-order valence-electron chi connectivity index (χ0n) is 24.0. The maximum atomic E-state index is 13.5. The van der Waals surface area contributed by atoms with E-state index in [-0.39, 0.29) is 30.5 Å². The largest absolute Gasteiger partial charge is 0.496 e. The number of fused-ring (bicyclic) bond motifs is 1. The normalized spacial score (nSPS) is 11.5. The summed E-state index contributed by atoms with van der Waals surface area (Å²) in [7, 11) is -1.46. The van der Waals surface area contributed by atoms with Gasteiger partial charge in [0.05, 0.1) is 47.3 Å². The minimum atomic E-state index is -3.05. The highest BCUT2D eigenvalue weighted by Gasteiger charge is 2.16. The lowest BCUT2D eigenvalue weighted by molar-refractivity contribution is 0.152. The van der Waals surface area contributed by atoms with E-state index in [4.69, 9.17) is 30.8 Å². The number of sulfone groups is 1. The average Bonchev–Trinajstić information content (AvgIpc) is 3.49. The lowest BCUT2D eigenvalue weighted by Crippen LogP contribution is -2.14. The first kappa shape index (κ1) is 31.6. The molecule has 0 saturated heterocycles. The third-order valence-corrected chi connectivity index (χ3v) is 9.57. The molecule has 3 aromatic carbocycles. The number of methoxy groups -OCH3 is 1. The highest BCUT2D eigenvalue weighted by molar-refractivity contribution is 7.91. The van der Waals surface area contributed by atoms with Crippen molar-refractivity contribution in [2.75, 3.05) is 37.1 Å². The van der Waals surface area contributed by atoms with Crippen molar-refractivity contribution in [3.05, 3.63) is 87.7 Å². The summed E-state index contributed by atoms with van der Waals surface area (Å²) in [4.78, 5) is 13.7. The molecule has 2 aromatic heterocycles. The molecule has 0 aliphatic carbocycles. The molecule has 0 spiro atoms. The first-order valence-electron chi connectivity index (χ1n) is 13.7. The molecule has 0 unspecified atom stereocenters. The quantitative estimate of drug-likeness (QED) is 0.128. The van der Waals surface area contributed by atoms with Crippen molar-refractivity contribution in [1.29, 1.82) is 0 Å². The second-order valence-corrected chi connectivity index (χ2v) is 13.5. The summed E-state index contributed by atoms with van der Waals surface area (Å²) in [6, 6.07) is 15.3. The van der Waals surface area contributed by atoms with Gasteiger partial charge in [0.25, 0.3) is 0 Å². The number of anilines is 2. The maximum absolute atomic E-state index is 13.5. The molecule has 13 heteroatoms. The standard InChI is InChI=1S/C31H30ClFN4O5S2/c1-3-44(38,39)12-11-41-10-9-30-37-27(18-43-30)23-15-24-26(16-29(23)40-2)34-19-35-31(24)36-22-7-8-28(25(32)14-22)42-17-20-5-4-6-21(33)13-20/h4-8,13-16,18-19H,3,9-12,17H2,1-2H3,(H,34,35,36). The fourth-order valence-electron chi connectivity index (χ4n) is 4.31. The Hall–Kier alpha value is -3.84. The molecular weight excluding hydrogens is 627 g/mol. The number of halogens is 2. The predicted octanol–water partition coefficient (Wildman–Crippen LogP) is 6.87. The van der Waals surface area contributed by atoms with E-state index in [0.717, 1.165) is 21.7 Å². The number of aromatic nitrogens is 3. The van der Waals surface area contributed by atoms with Crippen LogP contribution in [0.5, 0.6) is 11.5 Å². The van der Waals surface area contributed by atoms with Crippen LogP contribution >= 0.6 is 22.9 Å². The van der Waals surface area contributed by atoms with Gasteiger partial charge in [-0.15, -0.1) is 11.3 Å². The van der Waals surface area contributed by atoms with Gasteiger partial charge in [-0.1, -0.05) is 30.7 Å². The molecule has 0 fully saturated rings. The van der Waals surface area contributed by atoms with Gasteiger partial charge in [-0.3, -0.25) is 0 Å². The van der Waals surface area contributed by atoms with E-state index >= 15 is 0 Å². The number of thiazole rings is 1. The van der Waals surface area contributed by atoms with E-state index in [1.165, 1.54) is 29.8 Å². The minimum Gasteiger partial charge on any atom is -0.496 e. The van der Waals surface area contributed by atoms with Crippen molar-refractivity contribution in [2.45, 2.75) is 20.0 Å². The number of hydrogen-bond donors (Lipinski definition) is 1. The average molecular weight is 657 g/mol. The summed E-state index contributed by atoms with van der Waals surface area (Å²) >= 11 is 8.00. The van der Waals surface area contributed by atoms with Crippen LogP contribution in [-0.2, 0) is 27.6 Å². The Morgan fingerprint density at radius 2 is 1.91 bits per heavy atom. The molecule has 5 aromatic rings. The van der Waals surface area contributed by atoms with Gasteiger partial charge < -0.3 is 19.5 Å². The molecule has 0 amide bonds. The van der Waals surface area contributed by atoms with Crippen molar-refractivity contribution >= 4 is 55.2 Å². The van der Waals surface area contributed by atoms with Crippen LogP contribution in [0.2, 0.25) is 5.02 Å². The van der Waals surface area contributed by atoms with Crippen molar-refractivity contribution in [1.82, 2.24) is 15.0 Å². The second-order valence-electron chi connectivity index (χ2n) is 9.71. The Labute approximate surface area is 263 Å². The van der Waals surface area contributed by atoms with Crippen LogP contribution in [0.4, 0.5) is 15.9 Å². The Kier molecular flexibility index (Phi) is 10.3. The SMILES string of the molecule is CCS(=O)(=O)CCOCCc1nc(-c2cc3c(Nc4ccc(OCc5cccc(F)c5)c(Cl)c4)ncnc3cc2OC)cs1. The highest BCUT2D eigenvalue weighted by atomic mass is 35.5. The lowest BCUT2D eigenvalue weighted by Gasteiger charge is -2.13. The van der Waals surface area contributed by atoms with Gasteiger partial charge in [-0.05, 0) is 42.0 Å². The van der Waals surface area contributed by atoms with Gasteiger partial charge in [-0.2, -0.15) is 0 Å². The second kappa shape index (κ2) is 14.3. The van der Waals surface area contributed by atoms with E-state index in [1.807, 2.05) is 23.6 Å². The molecule has 0 saturated carbocycles. The molecule has 0 aliphatic heterocycles. The summed E-state index contributed by atoms with van der Waals surface area (Å²) in [6.45, 7) is 2.35. The first-order chi connectivity index (χ1) is 21.2. The third-order valence-electron chi connectivity index (χ3n) is 6.70. The third kappa shape index (κ3) is 8.00. The Bertz CT molecular complexity index is 1870. The number of ether oxygens (including phenoxy) is 3. The van der Waals surface area contributed by atoms with E-state index < -0.39 is 9.84 Å². The Morgan fingerprint density at radius 3 is 2.68 bits per heavy atom. The van der Waals surface area contributed by atoms with E-state index in [9.17, 15) is 12.8 Å². The molecule has 0 atom stereocenters. The summed E-state index contributed by atoms with van der Waals surface area (Å²) < 4.78 is 53.8. The monoisotopic (exact) mass is 656 g/mol. The van der Waals surface area contributed by atoms with E-state index in [0.29, 0.717) is 52.1 Å². The van der Waals surface area contributed by atoms with Crippen LogP contribution in [-0.4, -0.2) is 55.2 Å². The molecule has 1 N–H and O–H groups in total. The van der Waals surface area contributed by atoms with Crippen LogP contribution in [0, 0.1) is 5.82 Å². The number of hydrogen-bond acceptors (Lipinski definition) is 10. The summed E-state index contributed by atoms with van der Waals surface area (Å²) in [5.74, 6) is 1.44. The topological polar surface area (TPSA) is 113 Å². The van der Waals surface area contributed by atoms with Crippen LogP contribution in [0.3, 0.4) is 0 Å². The summed E-state index contributed by atoms with van der Waals surface area (Å²) in [6.07, 6.45) is 2.03. The van der Waals surface area contributed by atoms with Crippen LogP contribution < -0.4 is 14.8 Å². The maximum Gasteiger partial charge on any atom is 0.152 e. The lowest BCUT2D eigenvalue weighted by atomic mass is 10.1. The van der Waals surface area contributed by atoms with Gasteiger partial charge in [0, 0.05) is 40.3 Å². The van der Waals surface area contributed by atoms with Crippen LogP contribution in [0.1, 0.15) is 17.5 Å². The molecule has 230 valence electrons. The molecule has 44 heavy (non-hydrogen) atoms. The summed E-state index contributed by atoms with van der Waals surface area (Å²) in [5.41, 5.74) is 3.57. The summed E-state index contributed by atoms with van der Waals surface area (Å²) in [5, 5.41) is 7.25. The molecule has 0 bridgehead atoms. The number of nitrogens with zero attached hydrogens (tertiary/aromatic N) is 3. The molecule has 0 aliphatic rings. The van der Waals surface area contributed by atoms with Crippen molar-refractivity contribution in [3.63, 3.8) is 0 Å². The number of rotatable bonds is 14. The van der Waals surface area contributed by atoms with Crippen LogP contribution in [0.25, 0.3) is 22.2 Å². The molecular formula is C31H30ClFN4O5S2. The highest BCUT2D eigenvalue weighted by Crippen LogP contribution is 2.37. The fraction of sp³-hybridized carbons (Fsp3) is 0.258. The van der Waals surface area contributed by atoms with Gasteiger partial charge >= 0.3 is 0 Å². The van der Waals surface area contributed by atoms with Gasteiger partial charge in [0.1, 0.15) is 36.1 Å². The molecule has 5 rings (SSSR count). The van der Waals surface area contributed by atoms with Gasteiger partial charge in [-0.25, -0.2) is 27.8 Å². The molecule has 0 radical (unpaired) electrons. The molecule has 9 nitrogen and oxygen atoms in total. The smallest absolute Gasteiger partial charge is 0.152 e. The van der Waals surface area contributed by atoms with Gasteiger partial charge in [0.2, 0.25) is 0 Å². The number of nitrogens with one attached hydrogen (secondary N) is 1. The first-order valence-corrected chi connectivity index (χ1v) is 16.8. The fourth-order valence-corrected chi connectivity index (χ4v) is 5.99. The van der Waals surface area contributed by atoms with Gasteiger partial charge in [0.15, 0.2) is 9.84 Å². The number of benzene rings is 3. The zero-order chi connectivity index (χ0) is 31.1. The molecule has 2 heterocycles. The van der Waals surface area contributed by atoms with E-state index in [1.54, 1.807) is 38.3 Å². The van der Waals surface area contributed by atoms with Crippen molar-refractivity contribution in [3.8, 4) is 22.8 Å². The van der Waals surface area contributed by atoms with Crippen LogP contribution in [0.15, 0.2) is 66.3 Å². The van der Waals surface area contributed by atoms with Crippen molar-refractivity contribution < 1.29 is 27.0 Å². The van der Waals surface area contributed by atoms with Crippen molar-refractivity contribution in [2.24, 2.45) is 0 Å². The van der Waals surface area contributed by atoms with E-state index in [2.05, 4.69) is 15.3 Å². The Balaban J connectivity index is 1.31. The Morgan fingerprint density at radius 1 is 1.05 bits per heavy atom. The zero-order valence-corrected chi connectivity index (χ0v) is 26.4. The minimum absolute atomic E-state index is 0.0139. The predicted molar refractivity (Wildman–Crippen MR) is 172 cm³/mol.